The largest absolute Gasteiger partial charge is 0.464 e. The van der Waals surface area contributed by atoms with Gasteiger partial charge in [0.05, 0.1) is 12.3 Å². The van der Waals surface area contributed by atoms with E-state index in [1.54, 1.807) is 0 Å². The number of piperazine rings is 1. The summed E-state index contributed by atoms with van der Waals surface area (Å²) in [6.07, 6.45) is 1.88. The highest BCUT2D eigenvalue weighted by Gasteiger charge is 2.25. The lowest BCUT2D eigenvalue weighted by atomic mass is 10.0. The minimum absolute atomic E-state index is 0.261. The number of nitrogens with two attached hydrogens (primary N) is 1. The molecule has 0 spiro atoms. The van der Waals surface area contributed by atoms with Gasteiger partial charge in [0.15, 0.2) is 0 Å². The van der Waals surface area contributed by atoms with Crippen LogP contribution in [0.5, 0.6) is 0 Å². The van der Waals surface area contributed by atoms with E-state index in [4.69, 9.17) is 10.2 Å². The van der Waals surface area contributed by atoms with Crippen molar-refractivity contribution in [2.24, 2.45) is 5.73 Å². The number of furan rings is 1. The molecule has 1 saturated heterocycles. The normalized spacial score (nSPS) is 19.9. The van der Waals surface area contributed by atoms with Crippen LogP contribution in [0.3, 0.4) is 0 Å². The van der Waals surface area contributed by atoms with Gasteiger partial charge in [-0.3, -0.25) is 4.90 Å². The van der Waals surface area contributed by atoms with Crippen LogP contribution in [0.25, 0.3) is 11.0 Å². The van der Waals surface area contributed by atoms with Crippen LogP contribution < -0.4 is 5.73 Å². The maximum atomic E-state index is 6.02. The molecule has 0 amide bonds. The van der Waals surface area contributed by atoms with E-state index >= 15 is 0 Å². The van der Waals surface area contributed by atoms with Gasteiger partial charge in [-0.1, -0.05) is 18.2 Å². The fourth-order valence-corrected chi connectivity index (χ4v) is 2.86. The fraction of sp³-hybridized carbons (Fsp3) is 0.467. The van der Waals surface area contributed by atoms with Gasteiger partial charge in [-0.2, -0.15) is 0 Å². The van der Waals surface area contributed by atoms with Crippen molar-refractivity contribution in [2.45, 2.75) is 6.04 Å². The molecule has 1 aromatic heterocycles. The third kappa shape index (κ3) is 2.39. The Morgan fingerprint density at radius 3 is 2.68 bits per heavy atom. The maximum absolute atomic E-state index is 6.02. The Balaban J connectivity index is 1.89. The molecular weight excluding hydrogens is 238 g/mol. The van der Waals surface area contributed by atoms with Crippen molar-refractivity contribution >= 4 is 11.0 Å². The Morgan fingerprint density at radius 2 is 1.95 bits per heavy atom. The first-order valence-electron chi connectivity index (χ1n) is 6.88. The van der Waals surface area contributed by atoms with Crippen molar-refractivity contribution in [2.75, 3.05) is 39.8 Å². The van der Waals surface area contributed by atoms with E-state index in [0.717, 1.165) is 31.8 Å². The molecule has 1 unspecified atom stereocenters. The second kappa shape index (κ2) is 5.33. The van der Waals surface area contributed by atoms with Crippen molar-refractivity contribution in [1.82, 2.24) is 9.80 Å². The predicted octanol–water partition coefficient (Wildman–Crippen LogP) is 1.68. The monoisotopic (exact) mass is 259 g/mol. The molecule has 102 valence electrons. The van der Waals surface area contributed by atoms with Crippen LogP contribution in [-0.4, -0.2) is 49.6 Å². The van der Waals surface area contributed by atoms with E-state index in [0.29, 0.717) is 6.54 Å². The first-order chi connectivity index (χ1) is 9.29. The number of hydrogen-bond acceptors (Lipinski definition) is 4. The Morgan fingerprint density at radius 1 is 1.21 bits per heavy atom. The highest BCUT2D eigenvalue weighted by Crippen LogP contribution is 2.29. The molecule has 1 atom stereocenters. The van der Waals surface area contributed by atoms with Gasteiger partial charge in [0, 0.05) is 43.7 Å². The molecule has 2 aromatic rings. The van der Waals surface area contributed by atoms with Crippen LogP contribution in [-0.2, 0) is 0 Å². The molecule has 1 aliphatic heterocycles. The van der Waals surface area contributed by atoms with Gasteiger partial charge >= 0.3 is 0 Å². The summed E-state index contributed by atoms with van der Waals surface area (Å²) >= 11 is 0. The Bertz CT molecular complexity index is 543. The van der Waals surface area contributed by atoms with Gasteiger partial charge in [0.1, 0.15) is 5.58 Å². The number of rotatable bonds is 3. The Kier molecular flexibility index (Phi) is 3.55. The molecule has 4 nitrogen and oxygen atoms in total. The van der Waals surface area contributed by atoms with Crippen LogP contribution in [0.4, 0.5) is 0 Å². The third-order valence-electron chi connectivity index (χ3n) is 4.07. The van der Waals surface area contributed by atoms with Crippen molar-refractivity contribution in [1.29, 1.82) is 0 Å². The topological polar surface area (TPSA) is 45.6 Å². The zero-order valence-corrected chi connectivity index (χ0v) is 11.4. The van der Waals surface area contributed by atoms with Crippen molar-refractivity contribution in [3.8, 4) is 0 Å². The average molecular weight is 259 g/mol. The van der Waals surface area contributed by atoms with E-state index in [-0.39, 0.29) is 6.04 Å². The molecule has 0 saturated carbocycles. The molecule has 0 aliphatic carbocycles. The first-order valence-corrected chi connectivity index (χ1v) is 6.88. The lowest BCUT2D eigenvalue weighted by molar-refractivity contribution is 0.114. The highest BCUT2D eigenvalue weighted by molar-refractivity contribution is 5.81. The van der Waals surface area contributed by atoms with E-state index < -0.39 is 0 Å². The smallest absolute Gasteiger partial charge is 0.134 e. The second-order valence-electron chi connectivity index (χ2n) is 5.28. The summed E-state index contributed by atoms with van der Waals surface area (Å²) in [5.74, 6) is 0. The van der Waals surface area contributed by atoms with Crippen LogP contribution >= 0.6 is 0 Å². The highest BCUT2D eigenvalue weighted by atomic mass is 16.3. The lowest BCUT2D eigenvalue weighted by Gasteiger charge is -2.37. The standard InChI is InChI=1S/C15H21N3O/c1-17-6-8-18(9-7-17)14(10-16)13-11-19-15-5-3-2-4-12(13)15/h2-5,11,14H,6-10,16H2,1H3. The summed E-state index contributed by atoms with van der Waals surface area (Å²) < 4.78 is 5.65. The number of para-hydroxylation sites is 1. The number of likely N-dealkylation sites (N-methyl/N-ethyl adjacent to an activating group) is 1. The number of fused-ring (bicyclic) bond motifs is 1. The van der Waals surface area contributed by atoms with Gasteiger partial charge < -0.3 is 15.1 Å². The minimum atomic E-state index is 0.261. The summed E-state index contributed by atoms with van der Waals surface area (Å²) in [4.78, 5) is 4.83. The lowest BCUT2D eigenvalue weighted by Crippen LogP contribution is -2.47. The third-order valence-corrected chi connectivity index (χ3v) is 4.07. The molecule has 0 radical (unpaired) electrons. The second-order valence-corrected chi connectivity index (χ2v) is 5.28. The molecule has 2 heterocycles. The summed E-state index contributed by atoms with van der Waals surface area (Å²) in [5.41, 5.74) is 8.20. The molecule has 1 fully saturated rings. The van der Waals surface area contributed by atoms with Gasteiger partial charge in [-0.25, -0.2) is 0 Å². The van der Waals surface area contributed by atoms with Crippen molar-refractivity contribution < 1.29 is 4.42 Å². The molecule has 1 aromatic carbocycles. The number of nitrogens with zero attached hydrogens (tertiary/aromatic N) is 2. The summed E-state index contributed by atoms with van der Waals surface area (Å²) in [6, 6.07) is 8.45. The molecule has 0 bridgehead atoms. The molecule has 2 N–H and O–H groups in total. The van der Waals surface area contributed by atoms with E-state index in [1.807, 2.05) is 18.4 Å². The van der Waals surface area contributed by atoms with E-state index in [9.17, 15) is 0 Å². The molecule has 19 heavy (non-hydrogen) atoms. The van der Waals surface area contributed by atoms with Gasteiger partial charge in [0.2, 0.25) is 0 Å². The van der Waals surface area contributed by atoms with Crippen LogP contribution in [0.1, 0.15) is 11.6 Å². The fourth-order valence-electron chi connectivity index (χ4n) is 2.86. The van der Waals surface area contributed by atoms with Crippen LogP contribution in [0, 0.1) is 0 Å². The summed E-state index contributed by atoms with van der Waals surface area (Å²) in [6.45, 7) is 4.97. The van der Waals surface area contributed by atoms with Gasteiger partial charge in [0.25, 0.3) is 0 Å². The maximum Gasteiger partial charge on any atom is 0.134 e. The van der Waals surface area contributed by atoms with Crippen molar-refractivity contribution in [3.05, 3.63) is 36.1 Å². The Hall–Kier alpha value is -1.36. The first kappa shape index (κ1) is 12.7. The molecule has 1 aliphatic rings. The number of hydrogen-bond donors (Lipinski definition) is 1. The van der Waals surface area contributed by atoms with Gasteiger partial charge in [-0.05, 0) is 13.1 Å². The summed E-state index contributed by atoms with van der Waals surface area (Å²) in [7, 11) is 2.17. The number of benzene rings is 1. The minimum Gasteiger partial charge on any atom is -0.464 e. The van der Waals surface area contributed by atoms with Crippen molar-refractivity contribution in [3.63, 3.8) is 0 Å². The average Bonchev–Trinajstić information content (AvgIpc) is 2.86. The molecular formula is C15H21N3O. The zero-order chi connectivity index (χ0) is 13.2. The van der Waals surface area contributed by atoms with Gasteiger partial charge in [-0.15, -0.1) is 0 Å². The zero-order valence-electron chi connectivity index (χ0n) is 11.4. The van der Waals surface area contributed by atoms with E-state index in [1.165, 1.54) is 10.9 Å². The molecule has 4 heteroatoms. The SMILES string of the molecule is CN1CCN(C(CN)c2coc3ccccc23)CC1. The quantitative estimate of drug-likeness (QED) is 0.911. The summed E-state index contributed by atoms with van der Waals surface area (Å²) in [5, 5.41) is 1.19. The van der Waals surface area contributed by atoms with Crippen LogP contribution in [0.15, 0.2) is 34.9 Å². The van der Waals surface area contributed by atoms with Crippen LogP contribution in [0.2, 0.25) is 0 Å². The molecule has 3 rings (SSSR count). The van der Waals surface area contributed by atoms with E-state index in [2.05, 4.69) is 29.0 Å². The predicted molar refractivity (Wildman–Crippen MR) is 77.1 cm³/mol. The Labute approximate surface area is 113 Å².